The van der Waals surface area contributed by atoms with Gasteiger partial charge in [0.15, 0.2) is 0 Å². The van der Waals surface area contributed by atoms with Crippen molar-refractivity contribution in [1.29, 1.82) is 0 Å². The van der Waals surface area contributed by atoms with Crippen molar-refractivity contribution in [3.63, 3.8) is 0 Å². The number of likely N-dealkylation sites (N-methyl/N-ethyl adjacent to an activating group) is 1. The van der Waals surface area contributed by atoms with Crippen molar-refractivity contribution < 1.29 is 0 Å². The molecule has 0 spiro atoms. The first-order valence-electron chi connectivity index (χ1n) is 5.44. The van der Waals surface area contributed by atoms with Gasteiger partial charge in [0.2, 0.25) is 0 Å². The zero-order chi connectivity index (χ0) is 11.3. The molecule has 0 aromatic heterocycles. The van der Waals surface area contributed by atoms with Crippen molar-refractivity contribution >= 4 is 11.6 Å². The first-order valence-corrected chi connectivity index (χ1v) is 5.97. The van der Waals surface area contributed by atoms with Crippen molar-refractivity contribution in [1.82, 2.24) is 4.90 Å². The van der Waals surface area contributed by atoms with E-state index in [1.54, 1.807) is 0 Å². The Balaban J connectivity index is 2.47. The van der Waals surface area contributed by atoms with Gasteiger partial charge in [-0.2, -0.15) is 0 Å². The summed E-state index contributed by atoms with van der Waals surface area (Å²) in [5.41, 5.74) is 4.17. The van der Waals surface area contributed by atoms with Gasteiger partial charge in [0, 0.05) is 19.0 Å². The summed E-state index contributed by atoms with van der Waals surface area (Å²) in [4.78, 5) is 2.27. The molecule has 84 valence electrons. The second kappa shape index (κ2) is 6.14. The topological polar surface area (TPSA) is 3.24 Å². The Morgan fingerprint density at radius 1 is 1.13 bits per heavy atom. The van der Waals surface area contributed by atoms with Gasteiger partial charge in [-0.15, -0.1) is 11.6 Å². The molecule has 0 aliphatic rings. The normalized spacial score (nSPS) is 11.0. The minimum absolute atomic E-state index is 0.712. The highest BCUT2D eigenvalue weighted by Crippen LogP contribution is 2.10. The van der Waals surface area contributed by atoms with Crippen LogP contribution >= 0.6 is 11.6 Å². The third-order valence-electron chi connectivity index (χ3n) is 2.82. The number of hydrogen-bond donors (Lipinski definition) is 0. The second-order valence-electron chi connectivity index (χ2n) is 4.16. The van der Waals surface area contributed by atoms with Crippen molar-refractivity contribution in [2.75, 3.05) is 26.0 Å². The summed E-state index contributed by atoms with van der Waals surface area (Å²) < 4.78 is 0. The summed E-state index contributed by atoms with van der Waals surface area (Å²) in [6.45, 7) is 6.36. The van der Waals surface area contributed by atoms with E-state index in [2.05, 4.69) is 44.0 Å². The van der Waals surface area contributed by atoms with Crippen molar-refractivity contribution in [3.8, 4) is 0 Å². The predicted octanol–water partition coefficient (Wildman–Crippen LogP) is 3.02. The van der Waals surface area contributed by atoms with Gasteiger partial charge in [-0.25, -0.2) is 0 Å². The van der Waals surface area contributed by atoms with Crippen LogP contribution in [0.15, 0.2) is 18.2 Å². The van der Waals surface area contributed by atoms with Gasteiger partial charge >= 0.3 is 0 Å². The van der Waals surface area contributed by atoms with Crippen LogP contribution in [0.5, 0.6) is 0 Å². The fourth-order valence-electron chi connectivity index (χ4n) is 1.54. The van der Waals surface area contributed by atoms with Crippen LogP contribution in [0.1, 0.15) is 16.7 Å². The van der Waals surface area contributed by atoms with Gasteiger partial charge in [0.1, 0.15) is 0 Å². The second-order valence-corrected chi connectivity index (χ2v) is 4.54. The molecule has 0 N–H and O–H groups in total. The lowest BCUT2D eigenvalue weighted by Gasteiger charge is -2.15. The highest BCUT2D eigenvalue weighted by Gasteiger charge is 2.00. The molecular formula is C13H20ClN. The van der Waals surface area contributed by atoms with Crippen LogP contribution in [0, 0.1) is 13.8 Å². The van der Waals surface area contributed by atoms with Crippen LogP contribution in [0.2, 0.25) is 0 Å². The largest absolute Gasteiger partial charge is 0.305 e. The summed E-state index contributed by atoms with van der Waals surface area (Å²) in [7, 11) is 2.11. The number of hydrogen-bond acceptors (Lipinski definition) is 1. The van der Waals surface area contributed by atoms with E-state index >= 15 is 0 Å². The molecule has 0 amide bonds. The fourth-order valence-corrected chi connectivity index (χ4v) is 1.82. The molecular weight excluding hydrogens is 206 g/mol. The highest BCUT2D eigenvalue weighted by atomic mass is 35.5. The Bertz CT molecular complexity index is 309. The van der Waals surface area contributed by atoms with Gasteiger partial charge in [-0.3, -0.25) is 0 Å². The Morgan fingerprint density at radius 3 is 2.47 bits per heavy atom. The van der Waals surface area contributed by atoms with E-state index in [1.807, 2.05) is 0 Å². The summed E-state index contributed by atoms with van der Waals surface area (Å²) in [5, 5.41) is 0. The first-order chi connectivity index (χ1) is 7.13. The predicted molar refractivity (Wildman–Crippen MR) is 67.8 cm³/mol. The third-order valence-corrected chi connectivity index (χ3v) is 2.99. The van der Waals surface area contributed by atoms with E-state index in [1.165, 1.54) is 16.7 Å². The molecule has 2 heteroatoms. The summed E-state index contributed by atoms with van der Waals surface area (Å²) in [6, 6.07) is 6.70. The number of alkyl halides is 1. The lowest BCUT2D eigenvalue weighted by molar-refractivity contribution is 0.359. The molecule has 1 nitrogen and oxygen atoms in total. The monoisotopic (exact) mass is 225 g/mol. The molecule has 0 saturated carbocycles. The first kappa shape index (κ1) is 12.5. The van der Waals surface area contributed by atoms with E-state index in [0.717, 1.165) is 19.5 Å². The molecule has 1 rings (SSSR count). The Hall–Kier alpha value is -0.530. The third kappa shape index (κ3) is 4.23. The molecule has 0 saturated heterocycles. The van der Waals surface area contributed by atoms with Gasteiger partial charge in [-0.1, -0.05) is 18.2 Å². The smallest absolute Gasteiger partial charge is 0.0351 e. The van der Waals surface area contributed by atoms with E-state index in [0.29, 0.717) is 5.88 Å². The summed E-state index contributed by atoms with van der Waals surface area (Å²) in [6.07, 6.45) is 1.11. The number of rotatable bonds is 5. The maximum Gasteiger partial charge on any atom is 0.0351 e. The molecule has 1 aromatic carbocycles. The molecule has 0 atom stereocenters. The zero-order valence-corrected chi connectivity index (χ0v) is 10.6. The summed E-state index contributed by atoms with van der Waals surface area (Å²) in [5.74, 6) is 0.712. The van der Waals surface area contributed by atoms with E-state index < -0.39 is 0 Å². The maximum absolute atomic E-state index is 5.68. The molecule has 1 aromatic rings. The molecule has 15 heavy (non-hydrogen) atoms. The summed E-state index contributed by atoms with van der Waals surface area (Å²) >= 11 is 5.68. The fraction of sp³-hybridized carbons (Fsp3) is 0.538. The van der Waals surface area contributed by atoms with E-state index in [4.69, 9.17) is 11.6 Å². The Kier molecular flexibility index (Phi) is 5.13. The van der Waals surface area contributed by atoms with E-state index in [9.17, 15) is 0 Å². The van der Waals surface area contributed by atoms with Gasteiger partial charge < -0.3 is 4.90 Å². The minimum Gasteiger partial charge on any atom is -0.305 e. The molecule has 0 unspecified atom stereocenters. The molecule has 0 aliphatic carbocycles. The van der Waals surface area contributed by atoms with Crippen LogP contribution in [-0.4, -0.2) is 30.9 Å². The van der Waals surface area contributed by atoms with Gasteiger partial charge in [-0.05, 0) is 44.0 Å². The number of aryl methyl sites for hydroxylation is 2. The van der Waals surface area contributed by atoms with Crippen LogP contribution in [-0.2, 0) is 6.42 Å². The highest BCUT2D eigenvalue weighted by molar-refractivity contribution is 6.18. The van der Waals surface area contributed by atoms with E-state index in [-0.39, 0.29) is 0 Å². The zero-order valence-electron chi connectivity index (χ0n) is 9.89. The molecule has 0 bridgehead atoms. The van der Waals surface area contributed by atoms with Crippen LogP contribution < -0.4 is 0 Å². The lowest BCUT2D eigenvalue weighted by atomic mass is 10.0. The van der Waals surface area contributed by atoms with Crippen molar-refractivity contribution in [2.24, 2.45) is 0 Å². The van der Waals surface area contributed by atoms with Crippen molar-refractivity contribution in [2.45, 2.75) is 20.3 Å². The van der Waals surface area contributed by atoms with Crippen LogP contribution in [0.4, 0.5) is 0 Å². The number of halogens is 1. The molecule has 0 heterocycles. The average Bonchev–Trinajstić information content (AvgIpc) is 2.20. The quantitative estimate of drug-likeness (QED) is 0.697. The van der Waals surface area contributed by atoms with Gasteiger partial charge in [0.25, 0.3) is 0 Å². The van der Waals surface area contributed by atoms with Crippen molar-refractivity contribution in [3.05, 3.63) is 34.9 Å². The molecule has 0 fully saturated rings. The molecule has 0 radical (unpaired) electrons. The van der Waals surface area contributed by atoms with Gasteiger partial charge in [0.05, 0.1) is 0 Å². The van der Waals surface area contributed by atoms with Crippen LogP contribution in [0.3, 0.4) is 0 Å². The average molecular weight is 226 g/mol. The Morgan fingerprint density at radius 2 is 1.87 bits per heavy atom. The number of benzene rings is 1. The standard InChI is InChI=1S/C13H20ClN/c1-11-4-5-13(10-12(11)2)6-8-15(3)9-7-14/h4-5,10H,6-9H2,1-3H3. The Labute approximate surface area is 98.0 Å². The number of nitrogens with zero attached hydrogens (tertiary/aromatic N) is 1. The minimum atomic E-state index is 0.712. The van der Waals surface area contributed by atoms with Crippen LogP contribution in [0.25, 0.3) is 0 Å². The SMILES string of the molecule is Cc1ccc(CCN(C)CCCl)cc1C. The lowest BCUT2D eigenvalue weighted by Crippen LogP contribution is -2.23. The molecule has 0 aliphatic heterocycles. The maximum atomic E-state index is 5.68.